The largest absolute Gasteiger partial charge is 0.311 e. The maximum absolute atomic E-state index is 10.8. The summed E-state index contributed by atoms with van der Waals surface area (Å²) in [6, 6.07) is 5.40. The summed E-state index contributed by atoms with van der Waals surface area (Å²) in [5, 5.41) is 2.64. The zero-order chi connectivity index (χ0) is 8.10. The zero-order valence-electron chi connectivity index (χ0n) is 6.78. The lowest BCUT2D eigenvalue weighted by Gasteiger charge is -1.99. The van der Waals surface area contributed by atoms with Gasteiger partial charge < -0.3 is 5.32 Å². The number of carbonyl (C=O) groups excluding carboxylic acids is 1. The van der Waals surface area contributed by atoms with Gasteiger partial charge in [-0.25, -0.2) is 4.98 Å². The van der Waals surface area contributed by atoms with Crippen molar-refractivity contribution in [3.8, 4) is 0 Å². The first kappa shape index (κ1) is 11.1. The molecule has 3 nitrogen and oxygen atoms in total. The van der Waals surface area contributed by atoms with Gasteiger partial charge >= 0.3 is 0 Å². The molecule has 0 aromatic carbocycles. The number of nitrogens with zero attached hydrogens (tertiary/aromatic N) is 1. The number of hydrogen-bond acceptors (Lipinski definition) is 2. The van der Waals surface area contributed by atoms with Gasteiger partial charge in [0, 0.05) is 12.6 Å². The van der Waals surface area contributed by atoms with Crippen molar-refractivity contribution in [3.63, 3.8) is 0 Å². The molecule has 1 amide bonds. The number of halogens is 1. The first-order chi connectivity index (χ1) is 5.33. The molecule has 0 unspecified atom stereocenters. The summed E-state index contributed by atoms with van der Waals surface area (Å²) in [7, 11) is 0. The molecule has 0 saturated heterocycles. The summed E-state index contributed by atoms with van der Waals surface area (Å²) in [5.74, 6) is 0.600. The third-order valence-corrected chi connectivity index (χ3v) is 1.25. The van der Waals surface area contributed by atoms with Gasteiger partial charge in [-0.1, -0.05) is 13.0 Å². The monoisotopic (exact) mass is 230 g/mol. The third-order valence-electron chi connectivity index (χ3n) is 1.25. The molecule has 0 aliphatic heterocycles. The van der Waals surface area contributed by atoms with E-state index in [4.69, 9.17) is 0 Å². The minimum absolute atomic E-state index is 0. The van der Waals surface area contributed by atoms with Crippen LogP contribution in [0.4, 0.5) is 5.82 Å². The normalized spacial score (nSPS) is 8.42. The Morgan fingerprint density at radius 1 is 1.58 bits per heavy atom. The summed E-state index contributed by atoms with van der Waals surface area (Å²) < 4.78 is 0. The Labute approximate surface area is 82.0 Å². The topological polar surface area (TPSA) is 42.0 Å². The first-order valence-electron chi connectivity index (χ1n) is 3.54. The number of aromatic nitrogens is 1. The highest BCUT2D eigenvalue weighted by molar-refractivity contribution is 8.93. The summed E-state index contributed by atoms with van der Waals surface area (Å²) >= 11 is 0. The van der Waals surface area contributed by atoms with Gasteiger partial charge in [-0.05, 0) is 12.1 Å². The molecular formula is C8H11BrN2O. The fraction of sp³-hybridized carbons (Fsp3) is 0.250. The fourth-order valence-corrected chi connectivity index (χ4v) is 0.668. The molecule has 1 N–H and O–H groups in total. The fourth-order valence-electron chi connectivity index (χ4n) is 0.668. The Bertz CT molecular complexity index is 238. The lowest BCUT2D eigenvalue weighted by molar-refractivity contribution is -0.115. The maximum atomic E-state index is 10.8. The highest BCUT2D eigenvalue weighted by Gasteiger charge is 1.96. The zero-order valence-corrected chi connectivity index (χ0v) is 8.49. The molecule has 0 bridgehead atoms. The van der Waals surface area contributed by atoms with Crippen LogP contribution >= 0.6 is 17.0 Å². The molecule has 4 heteroatoms. The van der Waals surface area contributed by atoms with Gasteiger partial charge in [-0.15, -0.1) is 17.0 Å². The van der Waals surface area contributed by atoms with E-state index in [1.54, 1.807) is 19.2 Å². The standard InChI is InChI=1S/C8H10N2O.BrH/c1-2-8(11)10-7-5-3-4-6-9-7;/h3-6H,2H2,1H3,(H,9,10,11);1H. The lowest BCUT2D eigenvalue weighted by atomic mass is 10.4. The summed E-state index contributed by atoms with van der Waals surface area (Å²) in [5.41, 5.74) is 0. The second kappa shape index (κ2) is 5.71. The van der Waals surface area contributed by atoms with Crippen molar-refractivity contribution in [1.29, 1.82) is 0 Å². The van der Waals surface area contributed by atoms with E-state index in [1.165, 1.54) is 0 Å². The van der Waals surface area contributed by atoms with E-state index in [9.17, 15) is 4.79 Å². The van der Waals surface area contributed by atoms with Gasteiger partial charge in [-0.3, -0.25) is 4.79 Å². The van der Waals surface area contributed by atoms with Crippen LogP contribution in [0, 0.1) is 0 Å². The molecule has 1 aromatic rings. The predicted octanol–water partition coefficient (Wildman–Crippen LogP) is 2.01. The molecular weight excluding hydrogens is 220 g/mol. The second-order valence-corrected chi connectivity index (χ2v) is 2.12. The van der Waals surface area contributed by atoms with E-state index < -0.39 is 0 Å². The second-order valence-electron chi connectivity index (χ2n) is 2.12. The molecule has 0 aliphatic carbocycles. The van der Waals surface area contributed by atoms with Gasteiger partial charge in [0.15, 0.2) is 0 Å². The van der Waals surface area contributed by atoms with Crippen LogP contribution in [0.2, 0.25) is 0 Å². The summed E-state index contributed by atoms with van der Waals surface area (Å²) in [6.45, 7) is 1.80. The van der Waals surface area contributed by atoms with Crippen LogP contribution in [-0.4, -0.2) is 10.9 Å². The molecule has 66 valence electrons. The average Bonchev–Trinajstić information content (AvgIpc) is 2.06. The smallest absolute Gasteiger partial charge is 0.225 e. The summed E-state index contributed by atoms with van der Waals surface area (Å²) in [6.07, 6.45) is 2.13. The van der Waals surface area contributed by atoms with E-state index >= 15 is 0 Å². The molecule has 0 radical (unpaired) electrons. The van der Waals surface area contributed by atoms with Gasteiger partial charge in [0.25, 0.3) is 0 Å². The van der Waals surface area contributed by atoms with E-state index in [-0.39, 0.29) is 22.9 Å². The Hall–Kier alpha value is -0.900. The van der Waals surface area contributed by atoms with Crippen molar-refractivity contribution in [1.82, 2.24) is 4.98 Å². The Kier molecular flexibility index (Phi) is 5.28. The van der Waals surface area contributed by atoms with Crippen LogP contribution in [0.5, 0.6) is 0 Å². The first-order valence-corrected chi connectivity index (χ1v) is 3.54. The molecule has 0 atom stereocenters. The van der Waals surface area contributed by atoms with Crippen LogP contribution in [0.1, 0.15) is 13.3 Å². The van der Waals surface area contributed by atoms with Crippen LogP contribution in [0.25, 0.3) is 0 Å². The highest BCUT2D eigenvalue weighted by Crippen LogP contribution is 1.99. The molecule has 12 heavy (non-hydrogen) atoms. The quantitative estimate of drug-likeness (QED) is 0.845. The van der Waals surface area contributed by atoms with Gasteiger partial charge in [-0.2, -0.15) is 0 Å². The maximum Gasteiger partial charge on any atom is 0.225 e. The van der Waals surface area contributed by atoms with Crippen molar-refractivity contribution >= 4 is 28.7 Å². The minimum Gasteiger partial charge on any atom is -0.311 e. The molecule has 0 saturated carbocycles. The molecule has 0 spiro atoms. The van der Waals surface area contributed by atoms with Crippen LogP contribution < -0.4 is 5.32 Å². The third kappa shape index (κ3) is 3.48. The number of rotatable bonds is 2. The minimum atomic E-state index is -0.0105. The number of nitrogens with one attached hydrogen (secondary N) is 1. The van der Waals surface area contributed by atoms with Gasteiger partial charge in [0.1, 0.15) is 5.82 Å². The van der Waals surface area contributed by atoms with Crippen LogP contribution in [0.15, 0.2) is 24.4 Å². The van der Waals surface area contributed by atoms with E-state index in [0.29, 0.717) is 12.2 Å². The van der Waals surface area contributed by atoms with Crippen molar-refractivity contribution in [2.45, 2.75) is 13.3 Å². The Morgan fingerprint density at radius 3 is 2.83 bits per heavy atom. The van der Waals surface area contributed by atoms with Crippen molar-refractivity contribution in [2.24, 2.45) is 0 Å². The molecule has 0 aliphatic rings. The number of amides is 1. The Balaban J connectivity index is 0.00000121. The average molecular weight is 231 g/mol. The summed E-state index contributed by atoms with van der Waals surface area (Å²) in [4.78, 5) is 14.8. The lowest BCUT2D eigenvalue weighted by Crippen LogP contribution is -2.10. The van der Waals surface area contributed by atoms with E-state index in [0.717, 1.165) is 0 Å². The number of pyridine rings is 1. The van der Waals surface area contributed by atoms with Gasteiger partial charge in [0.2, 0.25) is 5.91 Å². The predicted molar refractivity (Wildman–Crippen MR) is 53.5 cm³/mol. The number of anilines is 1. The number of hydrogen-bond donors (Lipinski definition) is 1. The van der Waals surface area contributed by atoms with E-state index in [1.807, 2.05) is 12.1 Å². The van der Waals surface area contributed by atoms with Crippen molar-refractivity contribution in [2.75, 3.05) is 5.32 Å². The highest BCUT2D eigenvalue weighted by atomic mass is 79.9. The molecule has 1 rings (SSSR count). The van der Waals surface area contributed by atoms with Crippen molar-refractivity contribution in [3.05, 3.63) is 24.4 Å². The van der Waals surface area contributed by atoms with Crippen molar-refractivity contribution < 1.29 is 4.79 Å². The number of carbonyl (C=O) groups is 1. The van der Waals surface area contributed by atoms with Crippen LogP contribution in [0.3, 0.4) is 0 Å². The van der Waals surface area contributed by atoms with Crippen LogP contribution in [-0.2, 0) is 4.79 Å². The molecule has 1 heterocycles. The van der Waals surface area contributed by atoms with E-state index in [2.05, 4.69) is 10.3 Å². The Morgan fingerprint density at radius 2 is 2.33 bits per heavy atom. The van der Waals surface area contributed by atoms with Gasteiger partial charge in [0.05, 0.1) is 0 Å². The SMILES string of the molecule is Br.CCC(=O)Nc1ccccn1. The molecule has 1 aromatic heterocycles. The molecule has 0 fully saturated rings.